The second-order valence-electron chi connectivity index (χ2n) is 10.2. The van der Waals surface area contributed by atoms with Crippen molar-refractivity contribution in [3.8, 4) is 11.5 Å². The third-order valence-electron chi connectivity index (χ3n) is 8.53. The van der Waals surface area contributed by atoms with Gasteiger partial charge in [0.2, 0.25) is 5.91 Å². The van der Waals surface area contributed by atoms with Crippen LogP contribution in [0.15, 0.2) is 36.7 Å². The number of aromatic nitrogens is 1. The average molecular weight is 449 g/mol. The number of nitrogens with zero attached hydrogens (tertiary/aromatic N) is 1. The van der Waals surface area contributed by atoms with Crippen LogP contribution in [0.3, 0.4) is 0 Å². The summed E-state index contributed by atoms with van der Waals surface area (Å²) >= 11 is 0. The molecular weight excluding hydrogens is 416 g/mol. The van der Waals surface area contributed by atoms with Gasteiger partial charge in [-0.2, -0.15) is 0 Å². The zero-order valence-electron chi connectivity index (χ0n) is 19.3. The van der Waals surface area contributed by atoms with Crippen LogP contribution < -0.4 is 10.1 Å². The van der Waals surface area contributed by atoms with E-state index in [-0.39, 0.29) is 35.2 Å². The minimum Gasteiger partial charge on any atom is -0.504 e. The summed E-state index contributed by atoms with van der Waals surface area (Å²) < 4.78 is 5.38. The first-order chi connectivity index (χ1) is 15.9. The highest BCUT2D eigenvalue weighted by atomic mass is 16.5. The van der Waals surface area contributed by atoms with Crippen LogP contribution >= 0.6 is 0 Å². The average Bonchev–Trinajstić information content (AvgIpc) is 3.08. The number of phenolic OH excluding ortho intramolecular Hbond substituents is 1. The van der Waals surface area contributed by atoms with Crippen molar-refractivity contribution in [1.29, 1.82) is 0 Å². The van der Waals surface area contributed by atoms with E-state index in [4.69, 9.17) is 4.74 Å². The summed E-state index contributed by atoms with van der Waals surface area (Å²) in [4.78, 5) is 30.2. The molecule has 0 radical (unpaired) electrons. The van der Waals surface area contributed by atoms with Crippen molar-refractivity contribution in [1.82, 2.24) is 10.3 Å². The summed E-state index contributed by atoms with van der Waals surface area (Å²) in [5.41, 5.74) is 3.09. The maximum Gasteiger partial charge on any atom is 0.220 e. The van der Waals surface area contributed by atoms with Gasteiger partial charge in [0.25, 0.3) is 0 Å². The van der Waals surface area contributed by atoms with E-state index in [1.54, 1.807) is 19.5 Å². The second kappa shape index (κ2) is 8.47. The number of carbonyl (C=O) groups excluding carboxylic acids is 2. The van der Waals surface area contributed by atoms with Crippen molar-refractivity contribution in [2.75, 3.05) is 7.11 Å². The van der Waals surface area contributed by atoms with E-state index in [0.717, 1.165) is 37.7 Å². The Balaban J connectivity index is 1.31. The third kappa shape index (κ3) is 3.79. The summed E-state index contributed by atoms with van der Waals surface area (Å²) in [5, 5.41) is 13.2. The van der Waals surface area contributed by atoms with E-state index in [2.05, 4.69) is 17.2 Å². The second-order valence-corrected chi connectivity index (χ2v) is 10.2. The molecule has 0 aliphatic heterocycles. The summed E-state index contributed by atoms with van der Waals surface area (Å²) in [6.45, 7) is 2.57. The van der Waals surface area contributed by atoms with Gasteiger partial charge in [-0.05, 0) is 84.7 Å². The molecule has 6 nitrogen and oxygen atoms in total. The fourth-order valence-electron chi connectivity index (χ4n) is 6.87. The molecule has 3 aliphatic rings. The van der Waals surface area contributed by atoms with E-state index in [9.17, 15) is 14.7 Å². The number of pyridine rings is 1. The number of hydrogen-bond acceptors (Lipinski definition) is 5. The molecule has 3 aliphatic carbocycles. The Morgan fingerprint density at radius 2 is 2.18 bits per heavy atom. The van der Waals surface area contributed by atoms with E-state index >= 15 is 0 Å². The number of fused-ring (bicyclic) bond motifs is 5. The largest absolute Gasteiger partial charge is 0.504 e. The number of amides is 1. The lowest BCUT2D eigenvalue weighted by molar-refractivity contribution is -0.134. The van der Waals surface area contributed by atoms with E-state index in [1.165, 1.54) is 11.1 Å². The fraction of sp³-hybridized carbons (Fsp3) is 0.519. The highest BCUT2D eigenvalue weighted by Crippen LogP contribution is 2.61. The zero-order valence-corrected chi connectivity index (χ0v) is 19.3. The zero-order chi connectivity index (χ0) is 23.2. The molecule has 0 bridgehead atoms. The molecule has 33 heavy (non-hydrogen) atoms. The molecule has 5 rings (SSSR count). The monoisotopic (exact) mass is 448 g/mol. The van der Waals surface area contributed by atoms with Crippen molar-refractivity contribution in [2.45, 2.75) is 57.9 Å². The normalized spacial score (nSPS) is 30.2. The first-order valence-corrected chi connectivity index (χ1v) is 12.0. The number of hydrogen-bond donors (Lipinski definition) is 2. The van der Waals surface area contributed by atoms with Crippen LogP contribution in [0.5, 0.6) is 11.5 Å². The summed E-state index contributed by atoms with van der Waals surface area (Å²) in [7, 11) is 1.58. The Kier molecular flexibility index (Phi) is 5.63. The first-order valence-electron chi connectivity index (χ1n) is 12.0. The van der Waals surface area contributed by atoms with Gasteiger partial charge in [0.05, 0.1) is 7.11 Å². The van der Waals surface area contributed by atoms with Crippen LogP contribution in [-0.2, 0) is 22.6 Å². The number of aromatic hydroxyl groups is 1. The van der Waals surface area contributed by atoms with Crippen LogP contribution in [0, 0.1) is 23.2 Å². The first kappa shape index (κ1) is 21.9. The summed E-state index contributed by atoms with van der Waals surface area (Å²) in [6, 6.07) is 7.64. The summed E-state index contributed by atoms with van der Waals surface area (Å²) in [5.74, 6) is 1.83. The molecular formula is C27H32N2O4. The lowest BCUT2D eigenvalue weighted by atomic mass is 9.55. The Bertz CT molecular complexity index is 1070. The van der Waals surface area contributed by atoms with Crippen molar-refractivity contribution < 1.29 is 19.4 Å². The standard InChI is InChI=1S/C27H32N2O4/c1-27-8-7-19-20(6-5-17-11-23(30)24(33-2)13-21(17)19)22(27)10-18(26(27)32)12-25(31)29-15-16-4-3-9-28-14-16/h3-4,9,11,13-14,18-20,22,30H,5-8,10,12,15H2,1-2H3,(H,29,31)/t18?,19-,20+,22-,27-/m0/s1. The van der Waals surface area contributed by atoms with E-state index in [1.807, 2.05) is 24.3 Å². The molecule has 174 valence electrons. The molecule has 2 saturated carbocycles. The van der Waals surface area contributed by atoms with Gasteiger partial charge in [-0.15, -0.1) is 0 Å². The number of phenols is 1. The highest BCUT2D eigenvalue weighted by molar-refractivity contribution is 5.93. The Morgan fingerprint density at radius 1 is 1.33 bits per heavy atom. The predicted molar refractivity (Wildman–Crippen MR) is 124 cm³/mol. The number of carbonyl (C=O) groups is 2. The van der Waals surface area contributed by atoms with Crippen molar-refractivity contribution in [3.05, 3.63) is 53.3 Å². The maximum absolute atomic E-state index is 13.5. The number of benzene rings is 1. The van der Waals surface area contributed by atoms with E-state index < -0.39 is 0 Å². The number of ketones is 1. The minimum absolute atomic E-state index is 0.0646. The minimum atomic E-state index is -0.339. The Morgan fingerprint density at radius 3 is 2.94 bits per heavy atom. The molecule has 0 spiro atoms. The van der Waals surface area contributed by atoms with Gasteiger partial charge in [0, 0.05) is 36.7 Å². The lowest BCUT2D eigenvalue weighted by Gasteiger charge is -2.48. The molecule has 0 saturated heterocycles. The Labute approximate surface area is 194 Å². The molecule has 1 aromatic carbocycles. The molecule has 1 heterocycles. The van der Waals surface area contributed by atoms with Crippen molar-refractivity contribution in [3.63, 3.8) is 0 Å². The summed E-state index contributed by atoms with van der Waals surface area (Å²) in [6.07, 6.45) is 8.26. The number of methoxy groups -OCH3 is 1. The van der Waals surface area contributed by atoms with Gasteiger partial charge in [0.15, 0.2) is 11.5 Å². The van der Waals surface area contributed by atoms with Crippen LogP contribution in [0.1, 0.15) is 61.6 Å². The van der Waals surface area contributed by atoms with Gasteiger partial charge in [-0.25, -0.2) is 0 Å². The topological polar surface area (TPSA) is 88.5 Å². The van der Waals surface area contributed by atoms with Gasteiger partial charge in [0.1, 0.15) is 5.78 Å². The molecule has 5 atom stereocenters. The van der Waals surface area contributed by atoms with Gasteiger partial charge in [-0.3, -0.25) is 14.6 Å². The number of rotatable bonds is 5. The van der Waals surface area contributed by atoms with Crippen LogP contribution in [0.2, 0.25) is 0 Å². The molecule has 2 fully saturated rings. The number of Topliss-reactive ketones (excluding diaryl/α,β-unsaturated/α-hetero) is 1. The maximum atomic E-state index is 13.5. The van der Waals surface area contributed by atoms with Gasteiger partial charge < -0.3 is 15.2 Å². The SMILES string of the molecule is COc1cc2c(cc1O)CC[C@@H]1[C@@H]2CC[C@]2(C)C(=O)C(CC(=O)NCc3cccnc3)C[C@@H]12. The number of ether oxygens (including phenoxy) is 1. The molecule has 1 amide bonds. The van der Waals surface area contributed by atoms with Gasteiger partial charge >= 0.3 is 0 Å². The smallest absolute Gasteiger partial charge is 0.220 e. The third-order valence-corrected chi connectivity index (χ3v) is 8.53. The quantitative estimate of drug-likeness (QED) is 0.717. The lowest BCUT2D eigenvalue weighted by Crippen LogP contribution is -2.42. The predicted octanol–water partition coefficient (Wildman–Crippen LogP) is 4.15. The number of nitrogens with one attached hydrogen (secondary N) is 1. The fourth-order valence-corrected chi connectivity index (χ4v) is 6.87. The molecule has 2 N–H and O–H groups in total. The molecule has 1 unspecified atom stereocenters. The Hall–Kier alpha value is -2.89. The molecule has 6 heteroatoms. The molecule has 2 aromatic rings. The van der Waals surface area contributed by atoms with Crippen LogP contribution in [-0.4, -0.2) is 28.9 Å². The molecule has 1 aromatic heterocycles. The van der Waals surface area contributed by atoms with Crippen LogP contribution in [0.25, 0.3) is 0 Å². The highest BCUT2D eigenvalue weighted by Gasteiger charge is 2.58. The van der Waals surface area contributed by atoms with Gasteiger partial charge in [-0.1, -0.05) is 13.0 Å². The number of aryl methyl sites for hydroxylation is 1. The van der Waals surface area contributed by atoms with E-state index in [0.29, 0.717) is 30.0 Å². The van der Waals surface area contributed by atoms with Crippen molar-refractivity contribution >= 4 is 11.7 Å². The van der Waals surface area contributed by atoms with Crippen LogP contribution in [0.4, 0.5) is 0 Å². The van der Waals surface area contributed by atoms with Crippen molar-refractivity contribution in [2.24, 2.45) is 23.2 Å².